The molecule has 1 heterocycles. The minimum absolute atomic E-state index is 0.0516. The molecule has 3 nitrogen and oxygen atoms in total. The highest BCUT2D eigenvalue weighted by Crippen LogP contribution is 2.49. The molecule has 0 N–H and O–H groups in total. The lowest BCUT2D eigenvalue weighted by Gasteiger charge is -2.24. The van der Waals surface area contributed by atoms with Crippen molar-refractivity contribution in [2.45, 2.75) is 38.9 Å². The van der Waals surface area contributed by atoms with E-state index in [4.69, 9.17) is 15.0 Å². The van der Waals surface area contributed by atoms with Crippen molar-refractivity contribution >= 4 is 13.3 Å². The van der Waals surface area contributed by atoms with Gasteiger partial charge in [-0.1, -0.05) is 166 Å². The molecular formula is C45H39N3Si. The second-order valence-corrected chi connectivity index (χ2v) is 19.7. The van der Waals surface area contributed by atoms with Gasteiger partial charge in [-0.3, -0.25) is 0 Å². The maximum Gasteiger partial charge on any atom is 0.164 e. The molecule has 0 bridgehead atoms. The van der Waals surface area contributed by atoms with Crippen molar-refractivity contribution < 1.29 is 0 Å². The van der Waals surface area contributed by atoms with E-state index in [2.05, 4.69) is 118 Å². The first-order chi connectivity index (χ1) is 23.6. The SMILES string of the molecule is CC1(C)c2cc(-c3cccc(-c4cccc(-c5nc(-c6ccccc6)nc(-c6ccccc6)n5)c4)c3)ccc2-c2ccc([Si](C)(C)C)cc21. The van der Waals surface area contributed by atoms with Crippen molar-refractivity contribution in [1.29, 1.82) is 0 Å². The summed E-state index contributed by atoms with van der Waals surface area (Å²) in [5.74, 6) is 1.98. The highest BCUT2D eigenvalue weighted by atomic mass is 28.3. The van der Waals surface area contributed by atoms with Gasteiger partial charge in [-0.05, 0) is 62.7 Å². The van der Waals surface area contributed by atoms with Gasteiger partial charge in [0.1, 0.15) is 0 Å². The maximum absolute atomic E-state index is 4.96. The summed E-state index contributed by atoms with van der Waals surface area (Å²) in [4.78, 5) is 14.8. The quantitative estimate of drug-likeness (QED) is 0.168. The molecule has 0 fully saturated rings. The third-order valence-electron chi connectivity index (χ3n) is 9.89. The fourth-order valence-electron chi connectivity index (χ4n) is 7.04. The molecule has 0 saturated carbocycles. The van der Waals surface area contributed by atoms with Crippen molar-refractivity contribution in [3.05, 3.63) is 157 Å². The Balaban J connectivity index is 1.16. The second-order valence-electron chi connectivity index (χ2n) is 14.6. The van der Waals surface area contributed by atoms with Crippen LogP contribution in [0.25, 0.3) is 67.5 Å². The van der Waals surface area contributed by atoms with Gasteiger partial charge in [-0.2, -0.15) is 0 Å². The summed E-state index contributed by atoms with van der Waals surface area (Å²) in [5.41, 5.74) is 13.1. The average Bonchev–Trinajstić information content (AvgIpc) is 3.37. The number of rotatable bonds is 6. The van der Waals surface area contributed by atoms with E-state index >= 15 is 0 Å². The lowest BCUT2D eigenvalue weighted by Crippen LogP contribution is -2.38. The van der Waals surface area contributed by atoms with Crippen LogP contribution in [0.15, 0.2) is 146 Å². The molecule has 1 aliphatic rings. The Morgan fingerprint density at radius 1 is 0.388 bits per heavy atom. The van der Waals surface area contributed by atoms with Crippen molar-refractivity contribution in [1.82, 2.24) is 15.0 Å². The van der Waals surface area contributed by atoms with E-state index in [9.17, 15) is 0 Å². The molecule has 0 aliphatic heterocycles. The van der Waals surface area contributed by atoms with Crippen LogP contribution < -0.4 is 5.19 Å². The van der Waals surface area contributed by atoms with E-state index < -0.39 is 8.07 Å². The molecule has 0 atom stereocenters. The summed E-state index contributed by atoms with van der Waals surface area (Å²) in [6.07, 6.45) is 0. The largest absolute Gasteiger partial charge is 0.208 e. The summed E-state index contributed by atoms with van der Waals surface area (Å²) in [5, 5.41) is 1.52. The van der Waals surface area contributed by atoms with Crippen LogP contribution in [0.1, 0.15) is 25.0 Å². The van der Waals surface area contributed by atoms with Crippen LogP contribution in [0.2, 0.25) is 19.6 Å². The summed E-state index contributed by atoms with van der Waals surface area (Å²) in [6, 6.07) is 51.9. The zero-order valence-electron chi connectivity index (χ0n) is 28.7. The molecule has 238 valence electrons. The molecule has 7 aromatic rings. The third-order valence-corrected chi connectivity index (χ3v) is 11.9. The van der Waals surface area contributed by atoms with E-state index in [0.29, 0.717) is 17.5 Å². The van der Waals surface area contributed by atoms with Crippen LogP contribution in [0.4, 0.5) is 0 Å². The minimum atomic E-state index is -1.42. The monoisotopic (exact) mass is 649 g/mol. The fraction of sp³-hybridized carbons (Fsp3) is 0.133. The van der Waals surface area contributed by atoms with Crippen molar-refractivity contribution in [3.63, 3.8) is 0 Å². The minimum Gasteiger partial charge on any atom is -0.208 e. The highest BCUT2D eigenvalue weighted by Gasteiger charge is 2.36. The molecule has 4 heteroatoms. The van der Waals surface area contributed by atoms with Gasteiger partial charge in [0, 0.05) is 22.1 Å². The zero-order chi connectivity index (χ0) is 33.8. The average molecular weight is 650 g/mol. The normalized spacial score (nSPS) is 13.2. The molecule has 0 spiro atoms. The van der Waals surface area contributed by atoms with Crippen molar-refractivity contribution in [2.75, 3.05) is 0 Å². The summed E-state index contributed by atoms with van der Waals surface area (Å²) < 4.78 is 0. The van der Waals surface area contributed by atoms with Gasteiger partial charge in [0.05, 0.1) is 8.07 Å². The lowest BCUT2D eigenvalue weighted by atomic mass is 9.81. The summed E-state index contributed by atoms with van der Waals surface area (Å²) >= 11 is 0. The van der Waals surface area contributed by atoms with Crippen LogP contribution in [-0.2, 0) is 5.41 Å². The smallest absolute Gasteiger partial charge is 0.164 e. The number of hydrogen-bond acceptors (Lipinski definition) is 3. The van der Waals surface area contributed by atoms with Gasteiger partial charge in [0.2, 0.25) is 0 Å². The number of nitrogens with zero attached hydrogens (tertiary/aromatic N) is 3. The van der Waals surface area contributed by atoms with E-state index in [1.165, 1.54) is 38.6 Å². The Labute approximate surface area is 290 Å². The van der Waals surface area contributed by atoms with Gasteiger partial charge in [-0.25, -0.2) is 15.0 Å². The summed E-state index contributed by atoms with van der Waals surface area (Å²) in [7, 11) is -1.42. The van der Waals surface area contributed by atoms with Crippen molar-refractivity contribution in [3.8, 4) is 67.5 Å². The van der Waals surface area contributed by atoms with E-state index in [1.807, 2.05) is 60.7 Å². The van der Waals surface area contributed by atoms with Gasteiger partial charge in [0.25, 0.3) is 0 Å². The zero-order valence-corrected chi connectivity index (χ0v) is 29.7. The Morgan fingerprint density at radius 2 is 0.796 bits per heavy atom. The number of hydrogen-bond donors (Lipinski definition) is 0. The molecule has 6 aromatic carbocycles. The molecule has 49 heavy (non-hydrogen) atoms. The Hall–Kier alpha value is -5.45. The topological polar surface area (TPSA) is 38.7 Å². The first kappa shape index (κ1) is 30.9. The molecule has 0 radical (unpaired) electrons. The van der Waals surface area contributed by atoms with Gasteiger partial charge >= 0.3 is 0 Å². The second kappa shape index (κ2) is 11.9. The lowest BCUT2D eigenvalue weighted by molar-refractivity contribution is 0.661. The number of aromatic nitrogens is 3. The van der Waals surface area contributed by atoms with Crippen LogP contribution in [0.3, 0.4) is 0 Å². The molecule has 0 saturated heterocycles. The first-order valence-electron chi connectivity index (χ1n) is 17.0. The van der Waals surface area contributed by atoms with Crippen LogP contribution in [0.5, 0.6) is 0 Å². The number of fused-ring (bicyclic) bond motifs is 3. The molecule has 8 rings (SSSR count). The van der Waals surface area contributed by atoms with E-state index in [-0.39, 0.29) is 5.41 Å². The maximum atomic E-state index is 4.96. The van der Waals surface area contributed by atoms with Gasteiger partial charge in [0.15, 0.2) is 17.5 Å². The predicted octanol–water partition coefficient (Wildman–Crippen LogP) is 11.1. The summed E-state index contributed by atoms with van der Waals surface area (Å²) in [6.45, 7) is 12.0. The van der Waals surface area contributed by atoms with E-state index in [1.54, 1.807) is 0 Å². The van der Waals surface area contributed by atoms with Crippen LogP contribution in [-0.4, -0.2) is 23.0 Å². The molecule has 1 aliphatic carbocycles. The molecule has 1 aromatic heterocycles. The third kappa shape index (κ3) is 5.72. The molecule has 0 unspecified atom stereocenters. The molecular weight excluding hydrogens is 611 g/mol. The van der Waals surface area contributed by atoms with Gasteiger partial charge < -0.3 is 0 Å². The fourth-order valence-corrected chi connectivity index (χ4v) is 8.20. The standard InChI is InChI=1S/C45H39N3Si/c1-45(2)40-28-35(22-24-38(40)39-25-23-37(29-41(39)45)49(3,4)5)33-19-12-18-32(26-33)34-20-13-21-36(27-34)44-47-42(30-14-8-6-9-15-30)46-43(48-44)31-16-10-7-11-17-31/h6-29H,1-5H3. The first-order valence-corrected chi connectivity index (χ1v) is 20.5. The molecule has 0 amide bonds. The van der Waals surface area contributed by atoms with Gasteiger partial charge in [-0.15, -0.1) is 0 Å². The van der Waals surface area contributed by atoms with E-state index in [0.717, 1.165) is 27.8 Å². The highest BCUT2D eigenvalue weighted by molar-refractivity contribution is 6.88. The van der Waals surface area contributed by atoms with Crippen molar-refractivity contribution in [2.24, 2.45) is 0 Å². The Kier molecular flexibility index (Phi) is 7.50. The van der Waals surface area contributed by atoms with Crippen LogP contribution in [0, 0.1) is 0 Å². The van der Waals surface area contributed by atoms with Crippen LogP contribution >= 0.6 is 0 Å². The number of benzene rings is 6. The Morgan fingerprint density at radius 3 is 1.33 bits per heavy atom. The Bertz CT molecular complexity index is 2280. The predicted molar refractivity (Wildman–Crippen MR) is 208 cm³/mol.